The first-order valence-corrected chi connectivity index (χ1v) is 11.5. The molecule has 0 saturated heterocycles. The van der Waals surface area contributed by atoms with Gasteiger partial charge in [0.2, 0.25) is 0 Å². The summed E-state index contributed by atoms with van der Waals surface area (Å²) < 4.78 is 1.06. The zero-order valence-electron chi connectivity index (χ0n) is 17.1. The molecular formula is C26H20BrClN4. The Labute approximate surface area is 200 Å². The molecule has 4 nitrogen and oxygen atoms in total. The Bertz CT molecular complexity index is 1240. The molecule has 5 rings (SSSR count). The van der Waals surface area contributed by atoms with Gasteiger partial charge >= 0.3 is 0 Å². The number of hydrogen-bond acceptors (Lipinski definition) is 4. The van der Waals surface area contributed by atoms with Crippen LogP contribution in [0, 0.1) is 0 Å². The lowest BCUT2D eigenvalue weighted by Gasteiger charge is -2.24. The van der Waals surface area contributed by atoms with Crippen LogP contribution in [0.4, 0.5) is 17.1 Å². The van der Waals surface area contributed by atoms with Gasteiger partial charge < -0.3 is 5.32 Å². The van der Waals surface area contributed by atoms with Crippen LogP contribution in [0.25, 0.3) is 0 Å². The molecule has 1 aromatic heterocycles. The number of nitrogens with one attached hydrogen (secondary N) is 1. The van der Waals surface area contributed by atoms with Crippen LogP contribution >= 0.6 is 27.5 Å². The lowest BCUT2D eigenvalue weighted by Crippen LogP contribution is -2.18. The minimum absolute atomic E-state index is 0.107. The van der Waals surface area contributed by atoms with Gasteiger partial charge in [-0.25, -0.2) is 0 Å². The molecule has 0 aliphatic carbocycles. The van der Waals surface area contributed by atoms with E-state index in [1.54, 1.807) is 12.4 Å². The molecule has 0 amide bonds. The Morgan fingerprint density at radius 1 is 0.875 bits per heavy atom. The van der Waals surface area contributed by atoms with Gasteiger partial charge in [0.05, 0.1) is 17.4 Å². The van der Waals surface area contributed by atoms with Crippen LogP contribution in [0.3, 0.4) is 0 Å². The number of benzene rings is 3. The van der Waals surface area contributed by atoms with Gasteiger partial charge in [-0.3, -0.25) is 9.99 Å². The molecule has 32 heavy (non-hydrogen) atoms. The molecule has 1 atom stereocenters. The Morgan fingerprint density at radius 3 is 2.38 bits per heavy atom. The van der Waals surface area contributed by atoms with E-state index in [9.17, 15) is 0 Å². The van der Waals surface area contributed by atoms with Gasteiger partial charge in [-0.2, -0.15) is 5.10 Å². The zero-order valence-corrected chi connectivity index (χ0v) is 19.5. The van der Waals surface area contributed by atoms with Crippen molar-refractivity contribution in [2.75, 3.05) is 10.3 Å². The maximum absolute atomic E-state index is 6.13. The molecule has 158 valence electrons. The third-order valence-corrected chi connectivity index (χ3v) is 6.20. The summed E-state index contributed by atoms with van der Waals surface area (Å²) in [6.45, 7) is 0. The Morgan fingerprint density at radius 2 is 1.62 bits per heavy atom. The van der Waals surface area contributed by atoms with Crippen LogP contribution in [0.1, 0.15) is 23.6 Å². The van der Waals surface area contributed by atoms with Crippen LogP contribution in [-0.4, -0.2) is 10.7 Å². The second-order valence-electron chi connectivity index (χ2n) is 7.58. The van der Waals surface area contributed by atoms with Crippen molar-refractivity contribution in [3.63, 3.8) is 0 Å². The third kappa shape index (κ3) is 4.54. The van der Waals surface area contributed by atoms with E-state index in [-0.39, 0.29) is 6.04 Å². The van der Waals surface area contributed by atoms with Crippen molar-refractivity contribution >= 4 is 50.3 Å². The summed E-state index contributed by atoms with van der Waals surface area (Å²) in [6.07, 6.45) is 4.36. The molecule has 0 saturated carbocycles. The first-order valence-electron chi connectivity index (χ1n) is 10.3. The molecule has 1 aliphatic rings. The van der Waals surface area contributed by atoms with Crippen molar-refractivity contribution in [2.24, 2.45) is 5.10 Å². The van der Waals surface area contributed by atoms with Crippen molar-refractivity contribution in [2.45, 2.75) is 12.5 Å². The van der Waals surface area contributed by atoms with E-state index < -0.39 is 0 Å². The van der Waals surface area contributed by atoms with Crippen LogP contribution in [0.15, 0.2) is 107 Å². The standard InChI is InChI=1S/C26H20BrClN4/c27-20-6-4-18(5-7-20)26-17-25(31-32(26)24-10-8-21(28)9-11-24)19-2-1-3-23(16-19)30-22-12-14-29-15-13-22/h1-16,26H,17H2,(H,29,30). The third-order valence-electron chi connectivity index (χ3n) is 5.42. The fraction of sp³-hybridized carbons (Fsp3) is 0.0769. The lowest BCUT2D eigenvalue weighted by atomic mass is 9.98. The van der Waals surface area contributed by atoms with Gasteiger partial charge in [0.25, 0.3) is 0 Å². The van der Waals surface area contributed by atoms with Crippen LogP contribution in [-0.2, 0) is 0 Å². The van der Waals surface area contributed by atoms with Gasteiger partial charge in [0.15, 0.2) is 0 Å². The van der Waals surface area contributed by atoms with Crippen molar-refractivity contribution in [1.82, 2.24) is 4.98 Å². The summed E-state index contributed by atoms with van der Waals surface area (Å²) in [6, 6.07) is 28.7. The fourth-order valence-corrected chi connectivity index (χ4v) is 4.23. The molecule has 1 unspecified atom stereocenters. The smallest absolute Gasteiger partial charge is 0.0831 e. The predicted octanol–water partition coefficient (Wildman–Crippen LogP) is 7.60. The van der Waals surface area contributed by atoms with E-state index in [0.29, 0.717) is 5.02 Å². The molecule has 4 aromatic rings. The highest BCUT2D eigenvalue weighted by Gasteiger charge is 2.30. The number of hydrogen-bond donors (Lipinski definition) is 1. The normalized spacial score (nSPS) is 15.5. The summed E-state index contributed by atoms with van der Waals surface area (Å²) in [7, 11) is 0. The molecule has 1 aliphatic heterocycles. The van der Waals surface area contributed by atoms with E-state index in [1.165, 1.54) is 5.56 Å². The second kappa shape index (κ2) is 9.15. The van der Waals surface area contributed by atoms with E-state index >= 15 is 0 Å². The highest BCUT2D eigenvalue weighted by Crippen LogP contribution is 2.37. The largest absolute Gasteiger partial charge is 0.355 e. The lowest BCUT2D eigenvalue weighted by molar-refractivity contribution is 0.709. The number of pyridine rings is 1. The SMILES string of the molecule is Clc1ccc(N2N=C(c3cccc(Nc4ccncc4)c3)CC2c2ccc(Br)cc2)cc1. The van der Waals surface area contributed by atoms with Crippen molar-refractivity contribution in [1.29, 1.82) is 0 Å². The molecule has 0 spiro atoms. The van der Waals surface area contributed by atoms with Crippen LogP contribution < -0.4 is 10.3 Å². The summed E-state index contributed by atoms with van der Waals surface area (Å²) in [5.74, 6) is 0. The average Bonchev–Trinajstić information content (AvgIpc) is 3.26. The fourth-order valence-electron chi connectivity index (χ4n) is 3.84. The number of anilines is 3. The van der Waals surface area contributed by atoms with Crippen molar-refractivity contribution in [3.05, 3.63) is 118 Å². The number of nitrogens with zero attached hydrogens (tertiary/aromatic N) is 3. The van der Waals surface area contributed by atoms with Gasteiger partial charge in [-0.15, -0.1) is 0 Å². The first kappa shape index (κ1) is 20.7. The Hall–Kier alpha value is -3.15. The zero-order chi connectivity index (χ0) is 21.9. The van der Waals surface area contributed by atoms with E-state index in [2.05, 4.69) is 79.8 Å². The molecule has 1 N–H and O–H groups in total. The summed E-state index contributed by atoms with van der Waals surface area (Å²) in [5.41, 5.74) is 6.40. The van der Waals surface area contributed by atoms with Gasteiger partial charge in [0.1, 0.15) is 0 Å². The topological polar surface area (TPSA) is 40.5 Å². The Balaban J connectivity index is 1.48. The average molecular weight is 504 g/mol. The van der Waals surface area contributed by atoms with E-state index in [4.69, 9.17) is 16.7 Å². The molecule has 0 fully saturated rings. The van der Waals surface area contributed by atoms with Crippen LogP contribution in [0.2, 0.25) is 5.02 Å². The predicted molar refractivity (Wildman–Crippen MR) is 136 cm³/mol. The number of aromatic nitrogens is 1. The number of hydrazone groups is 1. The molecule has 0 bridgehead atoms. The number of halogens is 2. The minimum Gasteiger partial charge on any atom is -0.355 e. The monoisotopic (exact) mass is 502 g/mol. The second-order valence-corrected chi connectivity index (χ2v) is 8.93. The summed E-state index contributed by atoms with van der Waals surface area (Å²) in [4.78, 5) is 4.08. The van der Waals surface area contributed by atoms with Crippen molar-refractivity contribution < 1.29 is 0 Å². The minimum atomic E-state index is 0.107. The van der Waals surface area contributed by atoms with Crippen LogP contribution in [0.5, 0.6) is 0 Å². The van der Waals surface area contributed by atoms with Crippen molar-refractivity contribution in [3.8, 4) is 0 Å². The molecule has 6 heteroatoms. The summed E-state index contributed by atoms with van der Waals surface area (Å²) in [5, 5.41) is 11.3. The Kier molecular flexibility index (Phi) is 5.93. The maximum Gasteiger partial charge on any atom is 0.0831 e. The highest BCUT2D eigenvalue weighted by molar-refractivity contribution is 9.10. The molecule has 0 radical (unpaired) electrons. The summed E-state index contributed by atoms with van der Waals surface area (Å²) >= 11 is 9.67. The maximum atomic E-state index is 6.13. The van der Waals surface area contributed by atoms with Gasteiger partial charge in [-0.05, 0) is 71.8 Å². The van der Waals surface area contributed by atoms with Gasteiger partial charge in [0, 0.05) is 39.7 Å². The quantitative estimate of drug-likeness (QED) is 0.305. The molecule has 2 heterocycles. The van der Waals surface area contributed by atoms with Gasteiger partial charge in [-0.1, -0.05) is 51.8 Å². The first-order chi connectivity index (χ1) is 15.7. The highest BCUT2D eigenvalue weighted by atomic mass is 79.9. The molecular weight excluding hydrogens is 484 g/mol. The number of rotatable bonds is 5. The molecule has 3 aromatic carbocycles. The van der Waals surface area contributed by atoms with E-state index in [1.807, 2.05) is 36.4 Å². The van der Waals surface area contributed by atoms with E-state index in [0.717, 1.165) is 39.2 Å².